The van der Waals surface area contributed by atoms with Gasteiger partial charge in [-0.05, 0) is 11.6 Å². The monoisotopic (exact) mass is 143 g/mol. The smallest absolute Gasteiger partial charge is 0.227 e. The van der Waals surface area contributed by atoms with Gasteiger partial charge >= 0.3 is 0 Å². The van der Waals surface area contributed by atoms with Gasteiger partial charge in [0.15, 0.2) is 0 Å². The van der Waals surface area contributed by atoms with Gasteiger partial charge in [-0.1, -0.05) is 0 Å². The molecule has 0 aliphatic carbocycles. The third kappa shape index (κ3) is 1.50. The summed E-state index contributed by atoms with van der Waals surface area (Å²) in [7, 11) is 1.69. The topological polar surface area (TPSA) is 50.7 Å². The van der Waals surface area contributed by atoms with Gasteiger partial charge in [-0.25, -0.2) is 0 Å². The van der Waals surface area contributed by atoms with Gasteiger partial charge in [-0.15, -0.1) is 0 Å². The summed E-state index contributed by atoms with van der Waals surface area (Å²) in [6.45, 7) is 0. The third-order valence-electron chi connectivity index (χ3n) is 0.720. The van der Waals surface area contributed by atoms with Crippen molar-refractivity contribution in [3.05, 3.63) is 11.6 Å². The van der Waals surface area contributed by atoms with Crippen molar-refractivity contribution >= 4 is 17.5 Å². The molecule has 4 nitrogen and oxygen atoms in total. The molecule has 1 rings (SSSR count). The molecule has 0 bridgehead atoms. The average molecular weight is 144 g/mol. The molecule has 0 fully saturated rings. The van der Waals surface area contributed by atoms with Gasteiger partial charge in [-0.2, -0.15) is 15.0 Å². The Morgan fingerprint density at radius 3 is 2.78 bits per heavy atom. The van der Waals surface area contributed by atoms with Crippen LogP contribution in [0.5, 0.6) is 0 Å². The molecule has 1 aromatic heterocycles. The van der Waals surface area contributed by atoms with E-state index in [1.807, 2.05) is 0 Å². The van der Waals surface area contributed by atoms with E-state index in [1.165, 1.54) is 0 Å². The number of hydrogen-bond donors (Lipinski definition) is 1. The van der Waals surface area contributed by atoms with Crippen LogP contribution in [0, 0.1) is 6.33 Å². The first kappa shape index (κ1) is 6.22. The average Bonchev–Trinajstić information content (AvgIpc) is 1.88. The van der Waals surface area contributed by atoms with E-state index in [4.69, 9.17) is 11.6 Å². The molecule has 0 spiro atoms. The van der Waals surface area contributed by atoms with Gasteiger partial charge < -0.3 is 5.32 Å². The molecule has 0 saturated heterocycles. The van der Waals surface area contributed by atoms with Crippen LogP contribution in [-0.2, 0) is 0 Å². The highest BCUT2D eigenvalue weighted by atomic mass is 35.5. The Hall–Kier alpha value is -0.900. The van der Waals surface area contributed by atoms with E-state index in [0.29, 0.717) is 5.95 Å². The summed E-state index contributed by atoms with van der Waals surface area (Å²) in [6, 6.07) is 0. The van der Waals surface area contributed by atoms with Crippen LogP contribution >= 0.6 is 11.6 Å². The van der Waals surface area contributed by atoms with E-state index >= 15 is 0 Å². The molecule has 0 aliphatic rings. The lowest BCUT2D eigenvalue weighted by molar-refractivity contribution is 1.03. The molecule has 9 heavy (non-hydrogen) atoms. The zero-order valence-corrected chi connectivity index (χ0v) is 5.48. The Kier molecular flexibility index (Phi) is 1.79. The van der Waals surface area contributed by atoms with Crippen molar-refractivity contribution in [3.63, 3.8) is 0 Å². The third-order valence-corrected chi connectivity index (χ3v) is 0.889. The van der Waals surface area contributed by atoms with Crippen LogP contribution in [-0.4, -0.2) is 22.0 Å². The maximum Gasteiger partial charge on any atom is 0.227 e. The van der Waals surface area contributed by atoms with Crippen molar-refractivity contribution in [2.75, 3.05) is 12.4 Å². The number of halogens is 1. The van der Waals surface area contributed by atoms with Crippen LogP contribution in [0.4, 0.5) is 5.95 Å². The summed E-state index contributed by atoms with van der Waals surface area (Å²) in [5, 5.41) is 2.84. The molecule has 1 radical (unpaired) electrons. The zero-order valence-electron chi connectivity index (χ0n) is 4.72. The highest BCUT2D eigenvalue weighted by molar-refractivity contribution is 6.28. The molecule has 5 heteroatoms. The van der Waals surface area contributed by atoms with Crippen molar-refractivity contribution in [3.8, 4) is 0 Å². The molecule has 47 valence electrons. The predicted octanol–water partition coefficient (Wildman–Crippen LogP) is 0.367. The Bertz CT molecular complexity index is 202. The molecular formula is C4H4ClN4. The number of aromatic nitrogens is 3. The quantitative estimate of drug-likeness (QED) is 0.617. The molecule has 0 amide bonds. The van der Waals surface area contributed by atoms with Gasteiger partial charge in [-0.3, -0.25) is 0 Å². The minimum atomic E-state index is 0.148. The first-order valence-electron chi connectivity index (χ1n) is 2.28. The molecule has 0 aromatic carbocycles. The number of nitrogens with zero attached hydrogens (tertiary/aromatic N) is 3. The maximum absolute atomic E-state index is 5.39. The number of rotatable bonds is 1. The first-order valence-corrected chi connectivity index (χ1v) is 2.66. The lowest BCUT2D eigenvalue weighted by Crippen LogP contribution is -1.96. The highest BCUT2D eigenvalue weighted by Gasteiger charge is 1.92. The second kappa shape index (κ2) is 2.59. The summed E-state index contributed by atoms with van der Waals surface area (Å²) in [5.74, 6) is 0.426. The van der Waals surface area contributed by atoms with Crippen LogP contribution < -0.4 is 5.32 Å². The number of nitrogens with one attached hydrogen (secondary N) is 1. The van der Waals surface area contributed by atoms with E-state index in [-0.39, 0.29) is 5.28 Å². The molecular weight excluding hydrogens is 140 g/mol. The fourth-order valence-electron chi connectivity index (χ4n) is 0.363. The van der Waals surface area contributed by atoms with E-state index in [1.54, 1.807) is 7.05 Å². The van der Waals surface area contributed by atoms with Crippen molar-refractivity contribution in [2.45, 2.75) is 0 Å². The molecule has 0 atom stereocenters. The number of hydrogen-bond acceptors (Lipinski definition) is 4. The lowest BCUT2D eigenvalue weighted by atomic mass is 10.9. The summed E-state index contributed by atoms with van der Waals surface area (Å²) >= 11 is 5.39. The second-order valence-corrected chi connectivity index (χ2v) is 1.62. The molecule has 0 saturated carbocycles. The molecule has 0 unspecified atom stereocenters. The highest BCUT2D eigenvalue weighted by Crippen LogP contribution is 1.99. The Labute approximate surface area is 57.3 Å². The summed E-state index contributed by atoms with van der Waals surface area (Å²) < 4.78 is 0. The van der Waals surface area contributed by atoms with Crippen molar-refractivity contribution < 1.29 is 0 Å². The van der Waals surface area contributed by atoms with Crippen molar-refractivity contribution in [2.24, 2.45) is 0 Å². The van der Waals surface area contributed by atoms with Gasteiger partial charge in [0, 0.05) is 7.05 Å². The van der Waals surface area contributed by atoms with Crippen LogP contribution in [0.3, 0.4) is 0 Å². The minimum absolute atomic E-state index is 0.148. The normalized spacial score (nSPS) is 9.11. The molecule has 0 aliphatic heterocycles. The van der Waals surface area contributed by atoms with Crippen LogP contribution in [0.25, 0.3) is 0 Å². The summed E-state index contributed by atoms with van der Waals surface area (Å²) in [5.41, 5.74) is 0. The maximum atomic E-state index is 5.39. The SMILES string of the molecule is CNc1n[c]nc(Cl)n1. The van der Waals surface area contributed by atoms with Gasteiger partial charge in [0.25, 0.3) is 0 Å². The predicted molar refractivity (Wildman–Crippen MR) is 33.2 cm³/mol. The van der Waals surface area contributed by atoms with Crippen LogP contribution in [0.1, 0.15) is 0 Å². The fraction of sp³-hybridized carbons (Fsp3) is 0.250. The van der Waals surface area contributed by atoms with Gasteiger partial charge in [0.2, 0.25) is 17.6 Å². The fourth-order valence-corrected chi connectivity index (χ4v) is 0.481. The van der Waals surface area contributed by atoms with Crippen LogP contribution in [0.15, 0.2) is 0 Å². The minimum Gasteiger partial charge on any atom is -0.357 e. The second-order valence-electron chi connectivity index (χ2n) is 1.28. The summed E-state index contributed by atoms with van der Waals surface area (Å²) in [6.07, 6.45) is 2.32. The molecule has 1 N–H and O–H groups in total. The van der Waals surface area contributed by atoms with E-state index in [9.17, 15) is 0 Å². The Balaban J connectivity index is 2.94. The Morgan fingerprint density at radius 1 is 1.56 bits per heavy atom. The first-order chi connectivity index (χ1) is 4.33. The van der Waals surface area contributed by atoms with Crippen molar-refractivity contribution in [1.82, 2.24) is 15.0 Å². The van der Waals surface area contributed by atoms with E-state index < -0.39 is 0 Å². The van der Waals surface area contributed by atoms with E-state index in [0.717, 1.165) is 0 Å². The van der Waals surface area contributed by atoms with Crippen LogP contribution in [0.2, 0.25) is 5.28 Å². The number of anilines is 1. The van der Waals surface area contributed by atoms with Gasteiger partial charge in [0.05, 0.1) is 0 Å². The largest absolute Gasteiger partial charge is 0.357 e. The Morgan fingerprint density at radius 2 is 2.33 bits per heavy atom. The van der Waals surface area contributed by atoms with Gasteiger partial charge in [0.1, 0.15) is 0 Å². The standard InChI is InChI=1S/C4H4ClN4/c1-6-4-8-2-7-3(5)9-4/h1H3,(H,6,7,8,9). The molecule has 1 aromatic rings. The zero-order chi connectivity index (χ0) is 6.69. The van der Waals surface area contributed by atoms with E-state index in [2.05, 4.69) is 26.6 Å². The summed E-state index contributed by atoms with van der Waals surface area (Å²) in [4.78, 5) is 10.8. The lowest BCUT2D eigenvalue weighted by Gasteiger charge is -1.92. The van der Waals surface area contributed by atoms with Crippen molar-refractivity contribution in [1.29, 1.82) is 0 Å². The molecule has 1 heterocycles.